The van der Waals surface area contributed by atoms with Crippen molar-refractivity contribution in [2.45, 2.75) is 5.92 Å². The molecule has 7 heteroatoms. The van der Waals surface area contributed by atoms with E-state index in [1.54, 1.807) is 0 Å². The van der Waals surface area contributed by atoms with Crippen LogP contribution in [0.25, 0.3) is 0 Å². The lowest BCUT2D eigenvalue weighted by Crippen LogP contribution is -2.57. The third-order valence-corrected chi connectivity index (χ3v) is 3.22. The monoisotopic (exact) mass is 293 g/mol. The summed E-state index contributed by atoms with van der Waals surface area (Å²) in [6.45, 7) is 0.673. The van der Waals surface area contributed by atoms with Crippen molar-refractivity contribution in [2.75, 3.05) is 27.2 Å². The Morgan fingerprint density at radius 3 is 2.38 bits per heavy atom. The highest BCUT2D eigenvalue weighted by Gasteiger charge is 2.41. The van der Waals surface area contributed by atoms with Gasteiger partial charge in [0.2, 0.25) is 11.8 Å². The maximum Gasteiger partial charge on any atom is 0.330 e. The molecule has 1 saturated heterocycles. The second-order valence-electron chi connectivity index (χ2n) is 5.07. The Balaban J connectivity index is 2.24. The van der Waals surface area contributed by atoms with Gasteiger partial charge in [-0.15, -0.1) is 0 Å². The number of likely N-dealkylation sites (N-methyl/N-ethyl adjacent to an activating group) is 1. The summed E-state index contributed by atoms with van der Waals surface area (Å²) in [7, 11) is 3.63. The Hall–Kier alpha value is -2.28. The fraction of sp³-hybridized carbons (Fsp3) is 0.357. The molecular formula is C14H16FN3O3. The molecule has 1 atom stereocenters. The van der Waals surface area contributed by atoms with Gasteiger partial charge in [-0.3, -0.25) is 19.8 Å². The number of amides is 4. The number of urea groups is 1. The molecule has 6 nitrogen and oxygen atoms in total. The van der Waals surface area contributed by atoms with Crippen molar-refractivity contribution in [3.63, 3.8) is 0 Å². The fourth-order valence-electron chi connectivity index (χ4n) is 2.07. The van der Waals surface area contributed by atoms with E-state index in [-0.39, 0.29) is 6.54 Å². The van der Waals surface area contributed by atoms with Crippen molar-refractivity contribution in [1.29, 1.82) is 0 Å². The number of barbiturate groups is 1. The molecule has 4 amide bonds. The van der Waals surface area contributed by atoms with Crippen LogP contribution in [0, 0.1) is 5.82 Å². The topological polar surface area (TPSA) is 69.7 Å². The molecule has 0 bridgehead atoms. The zero-order valence-electron chi connectivity index (χ0n) is 11.8. The van der Waals surface area contributed by atoms with Crippen molar-refractivity contribution < 1.29 is 18.8 Å². The number of halogens is 1. The van der Waals surface area contributed by atoms with Crippen molar-refractivity contribution in [1.82, 2.24) is 15.1 Å². The van der Waals surface area contributed by atoms with Crippen molar-refractivity contribution in [3.05, 3.63) is 35.6 Å². The molecule has 21 heavy (non-hydrogen) atoms. The zero-order valence-corrected chi connectivity index (χ0v) is 11.8. The molecule has 1 fully saturated rings. The SMILES string of the molecule is CN(C)CCN1C(=O)NC(=O)C(c2ccc(F)cc2)C1=O. The van der Waals surface area contributed by atoms with Crippen LogP contribution in [0.3, 0.4) is 0 Å². The van der Waals surface area contributed by atoms with Crippen LogP contribution in [0.1, 0.15) is 11.5 Å². The van der Waals surface area contributed by atoms with Gasteiger partial charge < -0.3 is 4.90 Å². The summed E-state index contributed by atoms with van der Waals surface area (Å²) in [6.07, 6.45) is 0. The van der Waals surface area contributed by atoms with Crippen LogP contribution >= 0.6 is 0 Å². The third-order valence-electron chi connectivity index (χ3n) is 3.22. The molecule has 0 radical (unpaired) electrons. The smallest absolute Gasteiger partial charge is 0.308 e. The maximum atomic E-state index is 12.9. The van der Waals surface area contributed by atoms with Crippen LogP contribution in [-0.2, 0) is 9.59 Å². The molecule has 0 saturated carbocycles. The van der Waals surface area contributed by atoms with Crippen LogP contribution < -0.4 is 5.32 Å². The van der Waals surface area contributed by atoms with E-state index in [1.165, 1.54) is 24.3 Å². The zero-order chi connectivity index (χ0) is 15.6. The van der Waals surface area contributed by atoms with E-state index in [9.17, 15) is 18.8 Å². The van der Waals surface area contributed by atoms with E-state index in [2.05, 4.69) is 5.32 Å². The normalized spacial score (nSPS) is 19.1. The van der Waals surface area contributed by atoms with Crippen LogP contribution in [0.4, 0.5) is 9.18 Å². The maximum absolute atomic E-state index is 12.9. The average Bonchev–Trinajstić information content (AvgIpc) is 2.40. The van der Waals surface area contributed by atoms with Gasteiger partial charge in [-0.25, -0.2) is 9.18 Å². The molecule has 1 aromatic carbocycles. The largest absolute Gasteiger partial charge is 0.330 e. The van der Waals surface area contributed by atoms with Crippen LogP contribution in [0.15, 0.2) is 24.3 Å². The first-order valence-corrected chi connectivity index (χ1v) is 6.46. The molecule has 1 aromatic rings. The summed E-state index contributed by atoms with van der Waals surface area (Å²) in [5, 5.41) is 2.16. The van der Waals surface area contributed by atoms with E-state index < -0.39 is 29.6 Å². The van der Waals surface area contributed by atoms with Gasteiger partial charge in [-0.1, -0.05) is 12.1 Å². The van der Waals surface area contributed by atoms with E-state index in [4.69, 9.17) is 0 Å². The highest BCUT2D eigenvalue weighted by Crippen LogP contribution is 2.22. The van der Waals surface area contributed by atoms with Gasteiger partial charge in [-0.05, 0) is 31.8 Å². The quantitative estimate of drug-likeness (QED) is 0.823. The van der Waals surface area contributed by atoms with Gasteiger partial charge in [0.1, 0.15) is 11.7 Å². The molecule has 1 unspecified atom stereocenters. The molecule has 1 aliphatic heterocycles. The Bertz CT molecular complexity index is 571. The summed E-state index contributed by atoms with van der Waals surface area (Å²) in [6, 6.07) is 4.38. The van der Waals surface area contributed by atoms with Crippen molar-refractivity contribution in [3.8, 4) is 0 Å². The molecule has 1 aliphatic rings. The Kier molecular flexibility index (Phi) is 4.32. The first kappa shape index (κ1) is 15.1. The van der Waals surface area contributed by atoms with Gasteiger partial charge in [0, 0.05) is 13.1 Å². The van der Waals surface area contributed by atoms with Crippen molar-refractivity contribution >= 4 is 17.8 Å². The lowest BCUT2D eigenvalue weighted by molar-refractivity contribution is -0.138. The number of nitrogens with zero attached hydrogens (tertiary/aromatic N) is 2. The Morgan fingerprint density at radius 2 is 1.81 bits per heavy atom. The van der Waals surface area contributed by atoms with Crippen LogP contribution in [0.2, 0.25) is 0 Å². The molecule has 112 valence electrons. The van der Waals surface area contributed by atoms with Gasteiger partial charge in [0.15, 0.2) is 0 Å². The first-order valence-electron chi connectivity index (χ1n) is 6.46. The van der Waals surface area contributed by atoms with E-state index in [0.717, 1.165) is 4.90 Å². The molecule has 0 aromatic heterocycles. The minimum atomic E-state index is -1.12. The second-order valence-corrected chi connectivity index (χ2v) is 5.07. The number of hydrogen-bond donors (Lipinski definition) is 1. The van der Waals surface area contributed by atoms with Gasteiger partial charge in [0.05, 0.1) is 0 Å². The number of carbonyl (C=O) groups excluding carboxylic acids is 3. The molecular weight excluding hydrogens is 277 g/mol. The van der Waals surface area contributed by atoms with Gasteiger partial charge in [-0.2, -0.15) is 0 Å². The standard InChI is InChI=1S/C14H16FN3O3/c1-17(2)7-8-18-13(20)11(12(19)16-14(18)21)9-3-5-10(15)6-4-9/h3-6,11H,7-8H2,1-2H3,(H,16,19,21). The van der Waals surface area contributed by atoms with Gasteiger partial charge >= 0.3 is 6.03 Å². The minimum absolute atomic E-state index is 0.183. The Labute approximate surface area is 121 Å². The number of hydrogen-bond acceptors (Lipinski definition) is 4. The summed E-state index contributed by atoms with van der Waals surface area (Å²) in [4.78, 5) is 38.9. The number of rotatable bonds is 4. The predicted molar refractivity (Wildman–Crippen MR) is 72.9 cm³/mol. The van der Waals surface area contributed by atoms with Crippen LogP contribution in [0.5, 0.6) is 0 Å². The average molecular weight is 293 g/mol. The number of benzene rings is 1. The predicted octanol–water partition coefficient (Wildman–Crippen LogP) is 0.549. The highest BCUT2D eigenvalue weighted by atomic mass is 19.1. The summed E-state index contributed by atoms with van der Waals surface area (Å²) in [5.41, 5.74) is 0.362. The van der Waals surface area contributed by atoms with Crippen LogP contribution in [-0.4, -0.2) is 54.8 Å². The molecule has 2 rings (SSSR count). The molecule has 1 heterocycles. The first-order chi connectivity index (χ1) is 9.90. The number of imide groups is 2. The number of carbonyl (C=O) groups is 3. The summed E-state index contributed by atoms with van der Waals surface area (Å²) < 4.78 is 12.9. The second kappa shape index (κ2) is 6.01. The summed E-state index contributed by atoms with van der Waals surface area (Å²) in [5.74, 6) is -2.84. The Morgan fingerprint density at radius 1 is 1.19 bits per heavy atom. The van der Waals surface area contributed by atoms with Crippen molar-refractivity contribution in [2.24, 2.45) is 0 Å². The van der Waals surface area contributed by atoms with E-state index in [1.807, 2.05) is 19.0 Å². The fourth-order valence-corrected chi connectivity index (χ4v) is 2.07. The third kappa shape index (κ3) is 3.25. The lowest BCUT2D eigenvalue weighted by atomic mass is 9.95. The summed E-state index contributed by atoms with van der Waals surface area (Å²) >= 11 is 0. The molecule has 1 N–H and O–H groups in total. The van der Waals surface area contributed by atoms with E-state index in [0.29, 0.717) is 12.1 Å². The lowest BCUT2D eigenvalue weighted by Gasteiger charge is -2.31. The molecule has 0 spiro atoms. The number of nitrogens with one attached hydrogen (secondary N) is 1. The highest BCUT2D eigenvalue weighted by molar-refractivity contribution is 6.19. The minimum Gasteiger partial charge on any atom is -0.308 e. The van der Waals surface area contributed by atoms with Gasteiger partial charge in [0.25, 0.3) is 0 Å². The van der Waals surface area contributed by atoms with E-state index >= 15 is 0 Å². The molecule has 0 aliphatic carbocycles.